The van der Waals surface area contributed by atoms with E-state index in [0.29, 0.717) is 29.4 Å². The highest BCUT2D eigenvalue weighted by Gasteiger charge is 2.29. The fraction of sp³-hybridized carbons (Fsp3) is 0.219. The molecule has 224 valence electrons. The Balaban J connectivity index is 1.46. The van der Waals surface area contributed by atoms with Crippen LogP contribution in [0.5, 0.6) is 0 Å². The number of nitrogens with zero attached hydrogens (tertiary/aromatic N) is 2. The molecule has 0 saturated carbocycles. The molecule has 0 atom stereocenters. The molecule has 1 aliphatic rings. The lowest BCUT2D eigenvalue weighted by Gasteiger charge is -2.27. The minimum Gasteiger partial charge on any atom is -0.322 e. The highest BCUT2D eigenvalue weighted by atomic mass is 35.5. The van der Waals surface area contributed by atoms with Crippen LogP contribution < -0.4 is 9.62 Å². The summed E-state index contributed by atoms with van der Waals surface area (Å²) in [7, 11) is -7.71. The van der Waals surface area contributed by atoms with Gasteiger partial charge in [0.1, 0.15) is 0 Å². The van der Waals surface area contributed by atoms with Crippen molar-refractivity contribution in [3.05, 3.63) is 119 Å². The quantitative estimate of drug-likeness (QED) is 0.227. The topological polar surface area (TPSA) is 104 Å². The van der Waals surface area contributed by atoms with Gasteiger partial charge in [0.25, 0.3) is 15.9 Å². The summed E-state index contributed by atoms with van der Waals surface area (Å²) in [4.78, 5) is 13.8. The van der Waals surface area contributed by atoms with Gasteiger partial charge in [-0.2, -0.15) is 4.31 Å². The van der Waals surface area contributed by atoms with E-state index in [0.717, 1.165) is 24.8 Å². The number of hydrogen-bond acceptors (Lipinski definition) is 5. The fourth-order valence-electron chi connectivity index (χ4n) is 4.94. The molecular formula is C32H32ClN3O5S2. The summed E-state index contributed by atoms with van der Waals surface area (Å²) in [5, 5.41) is 3.32. The summed E-state index contributed by atoms with van der Waals surface area (Å²) in [5.74, 6) is -0.539. The number of para-hydroxylation sites is 1. The molecule has 4 aromatic carbocycles. The van der Waals surface area contributed by atoms with Crippen LogP contribution in [0.2, 0.25) is 5.02 Å². The van der Waals surface area contributed by atoms with Crippen molar-refractivity contribution in [1.82, 2.24) is 4.31 Å². The summed E-state index contributed by atoms with van der Waals surface area (Å²) < 4.78 is 56.8. The van der Waals surface area contributed by atoms with Crippen molar-refractivity contribution in [3.8, 4) is 0 Å². The molecule has 43 heavy (non-hydrogen) atoms. The normalized spacial score (nSPS) is 14.3. The number of halogens is 1. The summed E-state index contributed by atoms with van der Waals surface area (Å²) in [6, 6.07) is 25.9. The zero-order valence-electron chi connectivity index (χ0n) is 23.6. The van der Waals surface area contributed by atoms with Crippen LogP contribution in [0.1, 0.15) is 40.7 Å². The zero-order chi connectivity index (χ0) is 30.6. The van der Waals surface area contributed by atoms with Crippen LogP contribution in [0.3, 0.4) is 0 Å². The Bertz CT molecular complexity index is 1800. The molecule has 1 aliphatic heterocycles. The van der Waals surface area contributed by atoms with Gasteiger partial charge in [-0.05, 0) is 86.0 Å². The van der Waals surface area contributed by atoms with E-state index in [4.69, 9.17) is 11.6 Å². The molecule has 0 unspecified atom stereocenters. The number of benzene rings is 4. The number of aryl methyl sites for hydroxylation is 1. The molecule has 0 aromatic heterocycles. The zero-order valence-corrected chi connectivity index (χ0v) is 26.0. The highest BCUT2D eigenvalue weighted by Crippen LogP contribution is 2.31. The smallest absolute Gasteiger partial charge is 0.264 e. The second-order valence-electron chi connectivity index (χ2n) is 10.4. The van der Waals surface area contributed by atoms with Gasteiger partial charge >= 0.3 is 0 Å². The Labute approximate surface area is 258 Å². The molecule has 1 heterocycles. The Morgan fingerprint density at radius 3 is 2.05 bits per heavy atom. The van der Waals surface area contributed by atoms with Gasteiger partial charge in [-0.1, -0.05) is 60.0 Å². The number of piperidine rings is 1. The van der Waals surface area contributed by atoms with Gasteiger partial charge in [-0.3, -0.25) is 9.10 Å². The van der Waals surface area contributed by atoms with Gasteiger partial charge in [0.05, 0.1) is 27.6 Å². The SMILES string of the molecule is Cc1ccc(S(=O)(=O)N(Cc2ccc(Cl)cc2)c2ccccc2C(=O)Nc2ccc(S(=O)(=O)N3CCCCC3)cc2)cc1. The molecule has 5 rings (SSSR count). The van der Waals surface area contributed by atoms with E-state index in [1.165, 1.54) is 32.9 Å². The van der Waals surface area contributed by atoms with E-state index in [-0.39, 0.29) is 27.6 Å². The van der Waals surface area contributed by atoms with E-state index >= 15 is 0 Å². The molecule has 1 fully saturated rings. The number of anilines is 2. The third-order valence-electron chi connectivity index (χ3n) is 7.33. The maximum absolute atomic E-state index is 14.0. The van der Waals surface area contributed by atoms with Crippen molar-refractivity contribution < 1.29 is 21.6 Å². The molecule has 11 heteroatoms. The second kappa shape index (κ2) is 12.9. The number of carbonyl (C=O) groups excluding carboxylic acids is 1. The van der Waals surface area contributed by atoms with Gasteiger partial charge in [0.15, 0.2) is 0 Å². The van der Waals surface area contributed by atoms with Crippen LogP contribution in [0.4, 0.5) is 11.4 Å². The number of hydrogen-bond donors (Lipinski definition) is 1. The summed E-state index contributed by atoms with van der Waals surface area (Å²) in [6.45, 7) is 2.82. The first-order valence-corrected chi connectivity index (χ1v) is 17.2. The van der Waals surface area contributed by atoms with Crippen molar-refractivity contribution in [2.45, 2.75) is 42.5 Å². The Morgan fingerprint density at radius 1 is 0.791 bits per heavy atom. The molecule has 4 aromatic rings. The maximum Gasteiger partial charge on any atom is 0.264 e. The van der Waals surface area contributed by atoms with E-state index < -0.39 is 26.0 Å². The van der Waals surface area contributed by atoms with Crippen molar-refractivity contribution in [2.24, 2.45) is 0 Å². The van der Waals surface area contributed by atoms with Crippen molar-refractivity contribution in [1.29, 1.82) is 0 Å². The highest BCUT2D eigenvalue weighted by molar-refractivity contribution is 7.92. The van der Waals surface area contributed by atoms with Gasteiger partial charge in [-0.25, -0.2) is 16.8 Å². The van der Waals surface area contributed by atoms with Crippen LogP contribution in [0.15, 0.2) is 107 Å². The van der Waals surface area contributed by atoms with E-state index in [9.17, 15) is 21.6 Å². The first kappa shape index (κ1) is 30.7. The average molecular weight is 638 g/mol. The Kier molecular flexibility index (Phi) is 9.22. The standard InChI is InChI=1S/C32H32ClN3O5S2/c1-24-9-17-29(18-10-24)43(40,41)36(23-25-11-13-26(33)14-12-25)31-8-4-3-7-30(31)32(37)34-27-15-19-28(20-16-27)42(38,39)35-21-5-2-6-22-35/h3-4,7-20H,2,5-6,21-23H2,1H3,(H,34,37). The van der Waals surface area contributed by atoms with Gasteiger partial charge in [0, 0.05) is 23.8 Å². The van der Waals surface area contributed by atoms with Crippen LogP contribution >= 0.6 is 11.6 Å². The number of carbonyl (C=O) groups is 1. The number of sulfonamides is 2. The second-order valence-corrected chi connectivity index (χ2v) is 14.6. The molecule has 0 radical (unpaired) electrons. The minimum absolute atomic E-state index is 0.0409. The average Bonchev–Trinajstić information content (AvgIpc) is 3.01. The molecule has 8 nitrogen and oxygen atoms in total. The predicted molar refractivity (Wildman–Crippen MR) is 169 cm³/mol. The van der Waals surface area contributed by atoms with Gasteiger partial charge in [0.2, 0.25) is 10.0 Å². The van der Waals surface area contributed by atoms with Gasteiger partial charge < -0.3 is 5.32 Å². The first-order chi connectivity index (χ1) is 20.6. The summed E-state index contributed by atoms with van der Waals surface area (Å²) in [5.41, 5.74) is 2.30. The monoisotopic (exact) mass is 637 g/mol. The van der Waals surface area contributed by atoms with Crippen molar-refractivity contribution >= 4 is 48.9 Å². The summed E-state index contributed by atoms with van der Waals surface area (Å²) >= 11 is 6.06. The van der Waals surface area contributed by atoms with E-state index in [2.05, 4.69) is 5.32 Å². The van der Waals surface area contributed by atoms with Crippen molar-refractivity contribution in [2.75, 3.05) is 22.7 Å². The lowest BCUT2D eigenvalue weighted by molar-refractivity contribution is 0.102. The first-order valence-electron chi connectivity index (χ1n) is 13.9. The summed E-state index contributed by atoms with van der Waals surface area (Å²) in [6.07, 6.45) is 2.69. The minimum atomic E-state index is -4.09. The molecule has 0 bridgehead atoms. The van der Waals surface area contributed by atoms with Gasteiger partial charge in [-0.15, -0.1) is 0 Å². The van der Waals surface area contributed by atoms with E-state index in [1.54, 1.807) is 72.8 Å². The van der Waals surface area contributed by atoms with Crippen LogP contribution in [-0.4, -0.2) is 40.1 Å². The van der Waals surface area contributed by atoms with Crippen molar-refractivity contribution in [3.63, 3.8) is 0 Å². The molecule has 0 spiro atoms. The number of amides is 1. The lowest BCUT2D eigenvalue weighted by atomic mass is 10.1. The largest absolute Gasteiger partial charge is 0.322 e. The molecule has 1 saturated heterocycles. The van der Waals surface area contributed by atoms with Crippen LogP contribution in [0.25, 0.3) is 0 Å². The predicted octanol–water partition coefficient (Wildman–Crippen LogP) is 6.47. The Morgan fingerprint density at radius 2 is 1.40 bits per heavy atom. The molecule has 0 aliphatic carbocycles. The van der Waals surface area contributed by atoms with Crippen LogP contribution in [0, 0.1) is 6.92 Å². The molecule has 1 amide bonds. The molecular weight excluding hydrogens is 606 g/mol. The lowest BCUT2D eigenvalue weighted by Crippen LogP contribution is -2.35. The third kappa shape index (κ3) is 6.94. The molecule has 1 N–H and O–H groups in total. The fourth-order valence-corrected chi connectivity index (χ4v) is 8.05. The third-order valence-corrected chi connectivity index (χ3v) is 11.3. The van der Waals surface area contributed by atoms with E-state index in [1.807, 2.05) is 6.92 Å². The number of rotatable bonds is 9. The maximum atomic E-state index is 14.0. The Hall–Kier alpha value is -3.70. The van der Waals surface area contributed by atoms with Crippen LogP contribution in [-0.2, 0) is 26.6 Å². The number of nitrogens with one attached hydrogen (secondary N) is 1.